The van der Waals surface area contributed by atoms with Gasteiger partial charge < -0.3 is 4.42 Å². The lowest BCUT2D eigenvalue weighted by Gasteiger charge is -2.34. The Kier molecular flexibility index (Phi) is 11.2. The molecule has 0 aliphatic carbocycles. The van der Waals surface area contributed by atoms with Crippen molar-refractivity contribution in [2.24, 2.45) is 10.8 Å². The van der Waals surface area contributed by atoms with E-state index in [1.54, 1.807) is 5.19 Å². The van der Waals surface area contributed by atoms with E-state index in [-0.39, 0.29) is 28.2 Å². The third-order valence-corrected chi connectivity index (χ3v) is 17.5. The number of hydrogen-bond donors (Lipinski definition) is 0. The Bertz CT molecular complexity index is 3580. The van der Waals surface area contributed by atoms with Gasteiger partial charge in [0.2, 0.25) is 5.69 Å². The number of furan rings is 1. The topological polar surface area (TPSA) is 25.8 Å². The van der Waals surface area contributed by atoms with Crippen LogP contribution in [0.2, 0.25) is 19.6 Å². The van der Waals surface area contributed by atoms with Crippen molar-refractivity contribution in [3.63, 3.8) is 0 Å². The second-order valence-electron chi connectivity index (χ2n) is 25.5. The summed E-state index contributed by atoms with van der Waals surface area (Å²) in [7, 11) is -1.79. The molecule has 0 bridgehead atoms. The SMILES string of the molecule is C=C1CC2C(CCc3ccc4c(oc5cc(CC(C)(C)C)ccc54)c3-c3n(-c4ccc(C(C)(C)C)cc4-c4ccccc4)c4ccccc4[n+]31)c1ccccc1-c1cc(CC(C)(C)C)c([Si](C)(C)C)c[n+]12. The standard InChI is InChI=1S/C66H73N3OSi/c1-42-35-57-50(48-23-17-18-24-49(48)58-37-46(40-65(5,6)7)60(41-67(57)58)71(11,12)13)32-28-45-29-33-52-51-31-27-43(39-64(2,3)4)36-59(51)70-62(52)61(45)63-68(42)55-25-19-20-26-56(55)69(63)54-34-30-47(66(8,9)10)38-53(54)44-21-15-14-16-22-44/h14-27,29-31,33-34,36-38,41,50,57H,1,28,32,35,39-40H2,2-13H3/q+2. The van der Waals surface area contributed by atoms with Crippen LogP contribution in [0.4, 0.5) is 0 Å². The zero-order chi connectivity index (χ0) is 49.9. The van der Waals surface area contributed by atoms with Crippen LogP contribution in [0.3, 0.4) is 0 Å². The van der Waals surface area contributed by atoms with Crippen molar-refractivity contribution in [3.05, 3.63) is 174 Å². The minimum atomic E-state index is -1.79. The Morgan fingerprint density at radius 1 is 0.704 bits per heavy atom. The molecule has 2 aliphatic rings. The van der Waals surface area contributed by atoms with Gasteiger partial charge in [-0.15, -0.1) is 0 Å². The number of imidazole rings is 1. The molecular weight excluding hydrogens is 879 g/mol. The maximum atomic E-state index is 7.38. The minimum Gasteiger partial charge on any atom is -0.455 e. The van der Waals surface area contributed by atoms with Gasteiger partial charge in [-0.1, -0.05) is 180 Å². The molecule has 3 aromatic heterocycles. The Balaban J connectivity index is 1.23. The monoisotopic (exact) mass is 952 g/mol. The number of benzene rings is 6. The molecule has 9 aromatic rings. The molecule has 2 atom stereocenters. The molecule has 0 spiro atoms. The molecule has 5 heteroatoms. The lowest BCUT2D eigenvalue weighted by atomic mass is 9.77. The van der Waals surface area contributed by atoms with Crippen molar-refractivity contribution in [2.75, 3.05) is 0 Å². The Labute approximate surface area is 423 Å². The fourth-order valence-corrected chi connectivity index (χ4v) is 13.9. The number of nitrogens with zero attached hydrogens (tertiary/aromatic N) is 3. The number of rotatable bonds is 5. The van der Waals surface area contributed by atoms with Crippen LogP contribution in [-0.2, 0) is 24.7 Å². The zero-order valence-electron chi connectivity index (χ0n) is 44.4. The average Bonchev–Trinajstić information content (AvgIpc) is 3.85. The molecule has 360 valence electrons. The van der Waals surface area contributed by atoms with E-state index in [0.717, 1.165) is 87.8 Å². The van der Waals surface area contributed by atoms with Crippen LogP contribution >= 0.6 is 0 Å². The first kappa shape index (κ1) is 47.0. The zero-order valence-corrected chi connectivity index (χ0v) is 45.4. The van der Waals surface area contributed by atoms with E-state index >= 15 is 0 Å². The summed E-state index contributed by atoms with van der Waals surface area (Å²) < 4.78 is 15.2. The van der Waals surface area contributed by atoms with Gasteiger partial charge >= 0.3 is 5.82 Å². The number of allylic oxidation sites excluding steroid dienone is 1. The predicted molar refractivity (Wildman–Crippen MR) is 302 cm³/mol. The van der Waals surface area contributed by atoms with Crippen molar-refractivity contribution >= 4 is 51.9 Å². The van der Waals surface area contributed by atoms with E-state index in [1.165, 1.54) is 50.2 Å². The smallest absolute Gasteiger partial charge is 0.304 e. The molecule has 2 aliphatic heterocycles. The van der Waals surface area contributed by atoms with Gasteiger partial charge in [-0.2, -0.15) is 13.7 Å². The Hall–Kier alpha value is -6.30. The van der Waals surface area contributed by atoms with Crippen molar-refractivity contribution in [1.29, 1.82) is 0 Å². The van der Waals surface area contributed by atoms with Crippen LogP contribution in [0.5, 0.6) is 0 Å². The van der Waals surface area contributed by atoms with Crippen LogP contribution in [0, 0.1) is 10.8 Å². The van der Waals surface area contributed by atoms with Crippen molar-refractivity contribution in [1.82, 2.24) is 4.57 Å². The maximum Gasteiger partial charge on any atom is 0.304 e. The van der Waals surface area contributed by atoms with Gasteiger partial charge in [0.05, 0.1) is 14.5 Å². The summed E-state index contributed by atoms with van der Waals surface area (Å²) in [5.41, 5.74) is 19.8. The lowest BCUT2D eigenvalue weighted by molar-refractivity contribution is -0.719. The van der Waals surface area contributed by atoms with Gasteiger partial charge in [0, 0.05) is 39.1 Å². The molecule has 2 unspecified atom stereocenters. The van der Waals surface area contributed by atoms with Crippen LogP contribution < -0.4 is 14.3 Å². The first-order chi connectivity index (χ1) is 33.6. The molecule has 0 fully saturated rings. The van der Waals surface area contributed by atoms with Crippen molar-refractivity contribution in [2.45, 2.75) is 131 Å². The molecular formula is C66H73N3OSi+2. The van der Waals surface area contributed by atoms with Gasteiger partial charge in [0.25, 0.3) is 0 Å². The summed E-state index contributed by atoms with van der Waals surface area (Å²) >= 11 is 0. The number of pyridine rings is 1. The van der Waals surface area contributed by atoms with Crippen LogP contribution in [-0.4, -0.2) is 12.6 Å². The van der Waals surface area contributed by atoms with Crippen molar-refractivity contribution < 1.29 is 13.6 Å². The highest BCUT2D eigenvalue weighted by Gasteiger charge is 2.45. The molecule has 0 saturated heterocycles. The van der Waals surface area contributed by atoms with Gasteiger partial charge in [0.15, 0.2) is 28.9 Å². The Morgan fingerprint density at radius 3 is 2.14 bits per heavy atom. The highest BCUT2D eigenvalue weighted by atomic mass is 28.3. The molecule has 0 N–H and O–H groups in total. The molecule has 4 nitrogen and oxygen atoms in total. The summed E-state index contributed by atoms with van der Waals surface area (Å²) in [4.78, 5) is 0. The maximum absolute atomic E-state index is 7.38. The second-order valence-corrected chi connectivity index (χ2v) is 30.6. The number of aromatic nitrogens is 3. The fourth-order valence-electron chi connectivity index (χ4n) is 12.3. The average molecular weight is 952 g/mol. The molecule has 5 heterocycles. The summed E-state index contributed by atoms with van der Waals surface area (Å²) in [5, 5.41) is 3.87. The third kappa shape index (κ3) is 8.42. The quantitative estimate of drug-likeness (QED) is 0.125. The summed E-state index contributed by atoms with van der Waals surface area (Å²) in [5.74, 6) is 1.35. The first-order valence-electron chi connectivity index (χ1n) is 26.2. The number of hydrogen-bond acceptors (Lipinski definition) is 1. The minimum absolute atomic E-state index is 0.0420. The summed E-state index contributed by atoms with van der Waals surface area (Å²) in [6.45, 7) is 33.9. The third-order valence-electron chi connectivity index (χ3n) is 15.4. The highest BCUT2D eigenvalue weighted by Crippen LogP contribution is 2.48. The van der Waals surface area contributed by atoms with Crippen molar-refractivity contribution in [3.8, 4) is 39.5 Å². The highest BCUT2D eigenvalue weighted by molar-refractivity contribution is 6.89. The summed E-state index contributed by atoms with van der Waals surface area (Å²) in [6.07, 6.45) is 7.29. The van der Waals surface area contributed by atoms with Gasteiger partial charge in [-0.25, -0.2) is 0 Å². The van der Waals surface area contributed by atoms with E-state index in [4.69, 9.17) is 11.0 Å². The second kappa shape index (κ2) is 16.9. The van der Waals surface area contributed by atoms with Gasteiger partial charge in [-0.3, -0.25) is 0 Å². The molecule has 71 heavy (non-hydrogen) atoms. The molecule has 11 rings (SSSR count). The molecule has 0 radical (unpaired) electrons. The van der Waals surface area contributed by atoms with E-state index in [1.807, 2.05) is 0 Å². The molecule has 0 saturated carbocycles. The van der Waals surface area contributed by atoms with Gasteiger partial charge in [-0.05, 0) is 112 Å². The van der Waals surface area contributed by atoms with Crippen LogP contribution in [0.1, 0.15) is 115 Å². The van der Waals surface area contributed by atoms with Crippen LogP contribution in [0.25, 0.3) is 78.1 Å². The molecule has 6 aromatic carbocycles. The van der Waals surface area contributed by atoms with Crippen LogP contribution in [0.15, 0.2) is 151 Å². The first-order valence-corrected chi connectivity index (χ1v) is 29.7. The van der Waals surface area contributed by atoms with E-state index in [9.17, 15) is 0 Å². The number of aryl methyl sites for hydroxylation is 1. The number of para-hydroxylation sites is 2. The van der Waals surface area contributed by atoms with E-state index in [0.29, 0.717) is 0 Å². The summed E-state index contributed by atoms with van der Waals surface area (Å²) in [6, 6.07) is 50.9. The lowest BCUT2D eigenvalue weighted by Crippen LogP contribution is -2.54. The van der Waals surface area contributed by atoms with E-state index in [2.05, 4.69) is 235 Å². The normalized spacial score (nSPS) is 16.4. The fraction of sp³-hybridized carbons (Fsp3) is 0.333. The predicted octanol–water partition coefficient (Wildman–Crippen LogP) is 16.3. The van der Waals surface area contributed by atoms with Gasteiger partial charge in [0.1, 0.15) is 22.5 Å². The van der Waals surface area contributed by atoms with E-state index < -0.39 is 8.07 Å². The molecule has 0 amide bonds. The largest absolute Gasteiger partial charge is 0.455 e. The Morgan fingerprint density at radius 2 is 1.41 bits per heavy atom. The number of fused-ring (bicyclic) bond motifs is 15.